The summed E-state index contributed by atoms with van der Waals surface area (Å²) in [6.45, 7) is 6.20. The van der Waals surface area contributed by atoms with Gasteiger partial charge in [0.1, 0.15) is 11.9 Å². The molecule has 1 saturated heterocycles. The molecule has 3 nitrogen and oxygen atoms in total. The first-order valence-corrected chi connectivity index (χ1v) is 6.81. The van der Waals surface area contributed by atoms with Gasteiger partial charge < -0.3 is 9.53 Å². The number of aldehydes is 1. The lowest BCUT2D eigenvalue weighted by atomic mass is 9.76. The van der Waals surface area contributed by atoms with Crippen molar-refractivity contribution in [3.8, 4) is 0 Å². The van der Waals surface area contributed by atoms with Gasteiger partial charge in [-0.2, -0.15) is 0 Å². The molecule has 0 radical (unpaired) electrons. The highest BCUT2D eigenvalue weighted by Gasteiger charge is 2.62. The SMILES string of the molecule is CC[C@@H]1C[C@@]2(CC)OC(=O)[C@H](CC)[C@H]2[C@H]1C=O. The van der Waals surface area contributed by atoms with Crippen LogP contribution in [-0.2, 0) is 14.3 Å². The Morgan fingerprint density at radius 1 is 1.35 bits per heavy atom. The van der Waals surface area contributed by atoms with E-state index in [-0.39, 0.29) is 29.3 Å². The van der Waals surface area contributed by atoms with Crippen molar-refractivity contribution in [1.82, 2.24) is 0 Å². The zero-order chi connectivity index (χ0) is 12.6. The molecule has 3 heteroatoms. The van der Waals surface area contributed by atoms with Gasteiger partial charge in [0, 0.05) is 11.8 Å². The Morgan fingerprint density at radius 3 is 2.53 bits per heavy atom. The van der Waals surface area contributed by atoms with Gasteiger partial charge in [-0.3, -0.25) is 4.79 Å². The maximum atomic E-state index is 11.9. The lowest BCUT2D eigenvalue weighted by Gasteiger charge is -2.27. The smallest absolute Gasteiger partial charge is 0.309 e. The van der Waals surface area contributed by atoms with Crippen molar-refractivity contribution in [2.75, 3.05) is 0 Å². The van der Waals surface area contributed by atoms with Crippen molar-refractivity contribution in [3.63, 3.8) is 0 Å². The van der Waals surface area contributed by atoms with Crippen molar-refractivity contribution in [3.05, 3.63) is 0 Å². The first kappa shape index (κ1) is 12.6. The largest absolute Gasteiger partial charge is 0.458 e. The average Bonchev–Trinajstić information content (AvgIpc) is 2.78. The Hall–Kier alpha value is -0.860. The van der Waals surface area contributed by atoms with Crippen molar-refractivity contribution in [1.29, 1.82) is 0 Å². The van der Waals surface area contributed by atoms with E-state index in [0.717, 1.165) is 32.0 Å². The first-order chi connectivity index (χ1) is 8.13. The fraction of sp³-hybridized carbons (Fsp3) is 0.857. The predicted molar refractivity (Wildman–Crippen MR) is 64.3 cm³/mol. The van der Waals surface area contributed by atoms with Crippen LogP contribution in [0.3, 0.4) is 0 Å². The van der Waals surface area contributed by atoms with E-state index < -0.39 is 0 Å². The van der Waals surface area contributed by atoms with E-state index in [1.54, 1.807) is 0 Å². The summed E-state index contributed by atoms with van der Waals surface area (Å²) in [6.07, 6.45) is 4.56. The number of carbonyl (C=O) groups excluding carboxylic acids is 2. The molecule has 2 rings (SSSR count). The molecule has 17 heavy (non-hydrogen) atoms. The van der Waals surface area contributed by atoms with Crippen LogP contribution in [0.4, 0.5) is 0 Å². The molecule has 0 N–H and O–H groups in total. The zero-order valence-corrected chi connectivity index (χ0v) is 10.9. The number of esters is 1. The van der Waals surface area contributed by atoms with Gasteiger partial charge in [-0.1, -0.05) is 27.2 Å². The number of fused-ring (bicyclic) bond motifs is 1. The molecule has 1 saturated carbocycles. The van der Waals surface area contributed by atoms with Gasteiger partial charge in [0.15, 0.2) is 0 Å². The summed E-state index contributed by atoms with van der Waals surface area (Å²) in [5, 5.41) is 0. The molecule has 1 aliphatic heterocycles. The van der Waals surface area contributed by atoms with Crippen LogP contribution in [0.15, 0.2) is 0 Å². The molecule has 0 aromatic heterocycles. The molecule has 0 aromatic carbocycles. The van der Waals surface area contributed by atoms with Crippen LogP contribution in [0.25, 0.3) is 0 Å². The van der Waals surface area contributed by atoms with Gasteiger partial charge in [-0.15, -0.1) is 0 Å². The van der Waals surface area contributed by atoms with Crippen LogP contribution in [0, 0.1) is 23.7 Å². The van der Waals surface area contributed by atoms with Crippen LogP contribution in [-0.4, -0.2) is 17.9 Å². The van der Waals surface area contributed by atoms with Crippen molar-refractivity contribution in [2.45, 2.75) is 52.1 Å². The van der Waals surface area contributed by atoms with E-state index in [4.69, 9.17) is 4.74 Å². The lowest BCUT2D eigenvalue weighted by Crippen LogP contribution is -2.34. The maximum absolute atomic E-state index is 11.9. The van der Waals surface area contributed by atoms with Gasteiger partial charge in [0.05, 0.1) is 5.92 Å². The summed E-state index contributed by atoms with van der Waals surface area (Å²) in [5.74, 6) is 0.367. The minimum atomic E-state index is -0.343. The molecule has 0 aromatic rings. The summed E-state index contributed by atoms with van der Waals surface area (Å²) in [6, 6.07) is 0. The number of rotatable bonds is 4. The third-order valence-electron chi connectivity index (χ3n) is 4.93. The van der Waals surface area contributed by atoms with Crippen molar-refractivity contribution in [2.24, 2.45) is 23.7 Å². The minimum absolute atomic E-state index is 0.0105. The van der Waals surface area contributed by atoms with Crippen LogP contribution < -0.4 is 0 Å². The molecule has 5 atom stereocenters. The van der Waals surface area contributed by atoms with Gasteiger partial charge in [0.25, 0.3) is 0 Å². The van der Waals surface area contributed by atoms with E-state index in [9.17, 15) is 9.59 Å². The monoisotopic (exact) mass is 238 g/mol. The topological polar surface area (TPSA) is 43.4 Å². The van der Waals surface area contributed by atoms with Crippen molar-refractivity contribution < 1.29 is 14.3 Å². The molecule has 0 unspecified atom stereocenters. The number of hydrogen-bond donors (Lipinski definition) is 0. The molecule has 0 bridgehead atoms. The summed E-state index contributed by atoms with van der Waals surface area (Å²) in [4.78, 5) is 23.3. The highest BCUT2D eigenvalue weighted by molar-refractivity contribution is 5.77. The van der Waals surface area contributed by atoms with Crippen LogP contribution in [0.5, 0.6) is 0 Å². The summed E-state index contributed by atoms with van der Waals surface area (Å²) >= 11 is 0. The number of hydrogen-bond acceptors (Lipinski definition) is 3. The fourth-order valence-electron chi connectivity index (χ4n) is 4.01. The van der Waals surface area contributed by atoms with Gasteiger partial charge in [-0.25, -0.2) is 0 Å². The fourth-order valence-corrected chi connectivity index (χ4v) is 4.01. The van der Waals surface area contributed by atoms with E-state index in [2.05, 4.69) is 13.8 Å². The Labute approximate surface area is 103 Å². The Bertz CT molecular complexity index is 325. The Balaban J connectivity index is 2.37. The molecule has 0 spiro atoms. The molecule has 0 amide bonds. The summed E-state index contributed by atoms with van der Waals surface area (Å²) < 4.78 is 5.69. The highest BCUT2D eigenvalue weighted by atomic mass is 16.6. The van der Waals surface area contributed by atoms with Gasteiger partial charge in [0.2, 0.25) is 0 Å². The predicted octanol–water partition coefficient (Wildman–Crippen LogP) is 2.58. The number of ether oxygens (including phenoxy) is 1. The van der Waals surface area contributed by atoms with Gasteiger partial charge in [-0.05, 0) is 25.2 Å². The van der Waals surface area contributed by atoms with E-state index in [1.165, 1.54) is 0 Å². The standard InChI is InChI=1S/C14H22O3/c1-4-9-7-14(6-3)12(11(9)8-15)10(5-2)13(16)17-14/h8-12H,4-7H2,1-3H3/t9-,10-,11+,12+,14-/m1/s1. The first-order valence-electron chi connectivity index (χ1n) is 6.81. The second-order valence-corrected chi connectivity index (χ2v) is 5.47. The molecule has 96 valence electrons. The molecule has 1 aliphatic carbocycles. The van der Waals surface area contributed by atoms with Crippen LogP contribution in [0.2, 0.25) is 0 Å². The normalized spacial score (nSPS) is 44.5. The molecular formula is C14H22O3. The Morgan fingerprint density at radius 2 is 2.06 bits per heavy atom. The third kappa shape index (κ3) is 1.62. The highest BCUT2D eigenvalue weighted by Crippen LogP contribution is 2.56. The van der Waals surface area contributed by atoms with E-state index in [0.29, 0.717) is 5.92 Å². The Kier molecular flexibility index (Phi) is 3.28. The maximum Gasteiger partial charge on any atom is 0.309 e. The molecule has 2 fully saturated rings. The summed E-state index contributed by atoms with van der Waals surface area (Å²) in [5.41, 5.74) is -0.343. The molecular weight excluding hydrogens is 216 g/mol. The van der Waals surface area contributed by atoms with Gasteiger partial charge >= 0.3 is 5.97 Å². The van der Waals surface area contributed by atoms with E-state index >= 15 is 0 Å². The zero-order valence-electron chi connectivity index (χ0n) is 10.9. The molecule has 2 aliphatic rings. The van der Waals surface area contributed by atoms with Crippen LogP contribution >= 0.6 is 0 Å². The second-order valence-electron chi connectivity index (χ2n) is 5.47. The molecule has 1 heterocycles. The van der Waals surface area contributed by atoms with Crippen LogP contribution in [0.1, 0.15) is 46.5 Å². The minimum Gasteiger partial charge on any atom is -0.458 e. The second kappa shape index (κ2) is 4.43. The third-order valence-corrected chi connectivity index (χ3v) is 4.93. The average molecular weight is 238 g/mol. The summed E-state index contributed by atoms with van der Waals surface area (Å²) in [7, 11) is 0. The number of carbonyl (C=O) groups is 2. The quantitative estimate of drug-likeness (QED) is 0.558. The van der Waals surface area contributed by atoms with E-state index in [1.807, 2.05) is 6.92 Å². The lowest BCUT2D eigenvalue weighted by molar-refractivity contribution is -0.151. The van der Waals surface area contributed by atoms with Crippen molar-refractivity contribution >= 4 is 12.3 Å².